The van der Waals surface area contributed by atoms with Crippen LogP contribution < -0.4 is 0 Å². The molecule has 2 aromatic heterocycles. The van der Waals surface area contributed by atoms with Crippen LogP contribution >= 0.6 is 0 Å². The Labute approximate surface area is 168 Å². The fraction of sp³-hybridized carbons (Fsp3) is 0.476. The van der Waals surface area contributed by atoms with Gasteiger partial charge in [-0.25, -0.2) is 9.62 Å². The number of aromatic nitrogens is 4. The Bertz CT molecular complexity index is 1100. The third-order valence-electron chi connectivity index (χ3n) is 6.34. The molecule has 148 valence electrons. The van der Waals surface area contributed by atoms with Crippen LogP contribution in [0.5, 0.6) is 0 Å². The van der Waals surface area contributed by atoms with E-state index in [1.54, 1.807) is 6.20 Å². The molecule has 2 atom stereocenters. The molecular weight excluding hydrogens is 366 g/mol. The molecule has 29 heavy (non-hydrogen) atoms. The van der Waals surface area contributed by atoms with Crippen LogP contribution in [0.4, 0.5) is 5.82 Å². The van der Waals surface area contributed by atoms with Crippen molar-refractivity contribution >= 4 is 22.6 Å². The fourth-order valence-electron chi connectivity index (χ4n) is 4.78. The van der Waals surface area contributed by atoms with Crippen LogP contribution in [0.25, 0.3) is 11.0 Å². The van der Waals surface area contributed by atoms with E-state index in [-0.39, 0.29) is 11.8 Å². The molecule has 4 heterocycles. The summed E-state index contributed by atoms with van der Waals surface area (Å²) in [6, 6.07) is 8.90. The average molecular weight is 389 g/mol. The van der Waals surface area contributed by atoms with Crippen molar-refractivity contribution in [3.63, 3.8) is 0 Å². The summed E-state index contributed by atoms with van der Waals surface area (Å²) in [5, 5.41) is 25.6. The highest BCUT2D eigenvalue weighted by Gasteiger charge is 2.40. The lowest BCUT2D eigenvalue weighted by Crippen LogP contribution is -2.42. The molecule has 0 amide bonds. The maximum absolute atomic E-state index is 10.2. The first-order chi connectivity index (χ1) is 14.2. The zero-order valence-electron chi connectivity index (χ0n) is 16.5. The van der Waals surface area contributed by atoms with Gasteiger partial charge in [0, 0.05) is 29.2 Å². The van der Waals surface area contributed by atoms with Gasteiger partial charge in [-0.1, -0.05) is 12.1 Å². The van der Waals surface area contributed by atoms with Crippen LogP contribution in [0.2, 0.25) is 0 Å². The lowest BCUT2D eigenvalue weighted by molar-refractivity contribution is 0.168. The Morgan fingerprint density at radius 3 is 2.79 bits per heavy atom. The van der Waals surface area contributed by atoms with E-state index in [1.165, 1.54) is 0 Å². The highest BCUT2D eigenvalue weighted by molar-refractivity contribution is 5.97. The predicted octanol–water partition coefficient (Wildman–Crippen LogP) is 3.42. The number of piperidine rings is 1. The summed E-state index contributed by atoms with van der Waals surface area (Å²) in [5.41, 5.74) is 4.21. The van der Waals surface area contributed by atoms with E-state index in [4.69, 9.17) is 9.62 Å². The normalized spacial score (nSPS) is 23.2. The molecule has 5 rings (SSSR count). The molecule has 0 radical (unpaired) electrons. The van der Waals surface area contributed by atoms with Gasteiger partial charge in [0.2, 0.25) is 0 Å². The Kier molecular flexibility index (Phi) is 4.40. The van der Waals surface area contributed by atoms with E-state index in [0.717, 1.165) is 48.6 Å². The van der Waals surface area contributed by atoms with Crippen molar-refractivity contribution in [1.29, 1.82) is 5.26 Å². The lowest BCUT2D eigenvalue weighted by Gasteiger charge is -2.38. The standard InChI is InChI=1S/C21H23N7O/c1-12(2)28-8-6-13(7-9-28)19-15(10-22)18(16-11-23-25-21(16)24-19)14-4-3-5-17-20(14)27-29-26-17/h3-5,11-13,15,18H,6-9H2,1-2H3,(H,23,25). The SMILES string of the molecule is CC(C)N1CCC(C2=Nc3[nH]ncc3C(c3cccc4nonc34)C2C#N)CC1. The number of rotatable bonds is 3. The largest absolute Gasteiger partial charge is 0.301 e. The summed E-state index contributed by atoms with van der Waals surface area (Å²) < 4.78 is 4.97. The smallest absolute Gasteiger partial charge is 0.151 e. The highest BCUT2D eigenvalue weighted by atomic mass is 16.6. The maximum Gasteiger partial charge on any atom is 0.151 e. The minimum atomic E-state index is -0.363. The van der Waals surface area contributed by atoms with Crippen LogP contribution in [0, 0.1) is 23.2 Å². The lowest BCUT2D eigenvalue weighted by atomic mass is 9.72. The number of nitrogens with one attached hydrogen (secondary N) is 1. The minimum Gasteiger partial charge on any atom is -0.301 e. The molecule has 1 aromatic carbocycles. The third kappa shape index (κ3) is 2.93. The first-order valence-corrected chi connectivity index (χ1v) is 10.1. The summed E-state index contributed by atoms with van der Waals surface area (Å²) in [4.78, 5) is 7.38. The van der Waals surface area contributed by atoms with Gasteiger partial charge in [-0.15, -0.1) is 0 Å². The van der Waals surface area contributed by atoms with Crippen LogP contribution in [-0.4, -0.2) is 50.3 Å². The Morgan fingerprint density at radius 1 is 1.21 bits per heavy atom. The number of benzene rings is 1. The van der Waals surface area contributed by atoms with E-state index in [0.29, 0.717) is 23.0 Å². The van der Waals surface area contributed by atoms with Gasteiger partial charge in [-0.2, -0.15) is 10.4 Å². The highest BCUT2D eigenvalue weighted by Crippen LogP contribution is 2.45. The molecule has 0 bridgehead atoms. The first kappa shape index (κ1) is 18.0. The summed E-state index contributed by atoms with van der Waals surface area (Å²) in [5.74, 6) is 0.484. The number of fused-ring (bicyclic) bond motifs is 2. The summed E-state index contributed by atoms with van der Waals surface area (Å²) >= 11 is 0. The van der Waals surface area contributed by atoms with Gasteiger partial charge in [-0.3, -0.25) is 5.10 Å². The van der Waals surface area contributed by atoms with E-state index < -0.39 is 0 Å². The maximum atomic E-state index is 10.2. The molecular formula is C21H23N7O. The van der Waals surface area contributed by atoms with Crippen molar-refractivity contribution in [3.05, 3.63) is 35.5 Å². The molecule has 8 heteroatoms. The molecule has 1 saturated heterocycles. The van der Waals surface area contributed by atoms with Gasteiger partial charge < -0.3 is 4.90 Å². The van der Waals surface area contributed by atoms with Crippen molar-refractivity contribution in [2.75, 3.05) is 13.1 Å². The Balaban J connectivity index is 1.57. The topological polar surface area (TPSA) is 107 Å². The molecule has 2 unspecified atom stereocenters. The molecule has 0 spiro atoms. The Morgan fingerprint density at radius 2 is 2.03 bits per heavy atom. The number of hydrogen-bond donors (Lipinski definition) is 1. The van der Waals surface area contributed by atoms with E-state index >= 15 is 0 Å². The number of likely N-dealkylation sites (tertiary alicyclic amines) is 1. The van der Waals surface area contributed by atoms with Crippen LogP contribution in [0.15, 0.2) is 34.0 Å². The predicted molar refractivity (Wildman–Crippen MR) is 108 cm³/mol. The molecule has 8 nitrogen and oxygen atoms in total. The van der Waals surface area contributed by atoms with Crippen molar-refractivity contribution < 1.29 is 4.63 Å². The van der Waals surface area contributed by atoms with Crippen molar-refractivity contribution in [2.24, 2.45) is 16.8 Å². The number of hydrogen-bond acceptors (Lipinski definition) is 7. The minimum absolute atomic E-state index is 0.194. The molecule has 1 fully saturated rings. The zero-order chi connectivity index (χ0) is 20.0. The van der Waals surface area contributed by atoms with Gasteiger partial charge in [0.25, 0.3) is 0 Å². The van der Waals surface area contributed by atoms with Gasteiger partial charge in [0.15, 0.2) is 5.82 Å². The van der Waals surface area contributed by atoms with E-state index in [2.05, 4.69) is 45.3 Å². The van der Waals surface area contributed by atoms with Gasteiger partial charge in [0.05, 0.1) is 18.2 Å². The zero-order valence-corrected chi connectivity index (χ0v) is 16.5. The number of nitriles is 1. The van der Waals surface area contributed by atoms with Gasteiger partial charge >= 0.3 is 0 Å². The van der Waals surface area contributed by atoms with E-state index in [1.807, 2.05) is 18.2 Å². The quantitative estimate of drug-likeness (QED) is 0.735. The Hall–Kier alpha value is -3.05. The second-order valence-electron chi connectivity index (χ2n) is 8.18. The first-order valence-electron chi connectivity index (χ1n) is 10.1. The number of H-pyrrole nitrogens is 1. The van der Waals surface area contributed by atoms with Crippen molar-refractivity contribution in [1.82, 2.24) is 25.4 Å². The number of aliphatic imine (C=N–C) groups is 1. The monoisotopic (exact) mass is 389 g/mol. The van der Waals surface area contributed by atoms with E-state index in [9.17, 15) is 5.26 Å². The van der Waals surface area contributed by atoms with Crippen LogP contribution in [-0.2, 0) is 0 Å². The molecule has 3 aromatic rings. The number of aromatic amines is 1. The summed E-state index contributed by atoms with van der Waals surface area (Å²) in [6.45, 7) is 6.53. The third-order valence-corrected chi connectivity index (χ3v) is 6.34. The van der Waals surface area contributed by atoms with Crippen LogP contribution in [0.3, 0.4) is 0 Å². The average Bonchev–Trinajstić information content (AvgIpc) is 3.41. The molecule has 2 aliphatic rings. The number of nitrogens with zero attached hydrogens (tertiary/aromatic N) is 6. The molecule has 0 aliphatic carbocycles. The van der Waals surface area contributed by atoms with Gasteiger partial charge in [0.1, 0.15) is 11.0 Å². The molecule has 1 N–H and O–H groups in total. The van der Waals surface area contributed by atoms with Crippen molar-refractivity contribution in [3.8, 4) is 6.07 Å². The second kappa shape index (κ2) is 7.08. The summed E-state index contributed by atoms with van der Waals surface area (Å²) in [7, 11) is 0. The van der Waals surface area contributed by atoms with Gasteiger partial charge in [-0.05, 0) is 61.7 Å². The second-order valence-corrected chi connectivity index (χ2v) is 8.18. The fourth-order valence-corrected chi connectivity index (χ4v) is 4.78. The molecule has 0 saturated carbocycles. The summed E-state index contributed by atoms with van der Waals surface area (Å²) in [6.07, 6.45) is 3.81. The van der Waals surface area contributed by atoms with Crippen molar-refractivity contribution in [2.45, 2.75) is 38.6 Å². The van der Waals surface area contributed by atoms with Crippen LogP contribution in [0.1, 0.15) is 43.7 Å². The molecule has 2 aliphatic heterocycles.